The molecule has 1 saturated heterocycles. The number of piperidine rings is 1. The van der Waals surface area contributed by atoms with Crippen LogP contribution in [-0.2, 0) is 0 Å². The van der Waals surface area contributed by atoms with Crippen molar-refractivity contribution in [3.05, 3.63) is 11.6 Å². The molecule has 2 nitrogen and oxygen atoms in total. The third kappa shape index (κ3) is 1.29. The van der Waals surface area contributed by atoms with Gasteiger partial charge in [0, 0.05) is 17.7 Å². The highest BCUT2D eigenvalue weighted by Gasteiger charge is 2.24. The molecule has 0 aromatic carbocycles. The van der Waals surface area contributed by atoms with E-state index in [1.54, 1.807) is 0 Å². The largest absolute Gasteiger partial charge is 0.307 e. The van der Waals surface area contributed by atoms with Gasteiger partial charge in [-0.1, -0.05) is 12.5 Å². The standard InChI is InChI=1S/C9H12N2/c10-6-7-4-8-2-1-3-9(5-7)11-8/h4,8-9,11H,1-3,5H2. The van der Waals surface area contributed by atoms with E-state index in [4.69, 9.17) is 5.26 Å². The van der Waals surface area contributed by atoms with E-state index in [1.165, 1.54) is 19.3 Å². The van der Waals surface area contributed by atoms with Crippen molar-refractivity contribution in [2.24, 2.45) is 0 Å². The molecule has 0 radical (unpaired) electrons. The van der Waals surface area contributed by atoms with Crippen LogP contribution in [0.15, 0.2) is 11.6 Å². The monoisotopic (exact) mass is 148 g/mol. The molecule has 0 saturated carbocycles. The van der Waals surface area contributed by atoms with Crippen molar-refractivity contribution in [2.75, 3.05) is 0 Å². The highest BCUT2D eigenvalue weighted by molar-refractivity contribution is 5.27. The summed E-state index contributed by atoms with van der Waals surface area (Å²) in [5.41, 5.74) is 0.985. The lowest BCUT2D eigenvalue weighted by molar-refractivity contribution is 0.338. The second kappa shape index (κ2) is 2.67. The Kier molecular flexibility index (Phi) is 1.67. The third-order valence-electron chi connectivity index (χ3n) is 2.53. The van der Waals surface area contributed by atoms with Crippen LogP contribution in [0.4, 0.5) is 0 Å². The minimum atomic E-state index is 0.497. The zero-order chi connectivity index (χ0) is 7.68. The van der Waals surface area contributed by atoms with Gasteiger partial charge < -0.3 is 5.32 Å². The van der Waals surface area contributed by atoms with E-state index in [1.807, 2.05) is 0 Å². The Morgan fingerprint density at radius 3 is 3.18 bits per heavy atom. The Labute approximate surface area is 66.9 Å². The average Bonchev–Trinajstić information content (AvgIpc) is 2.03. The number of hydrogen-bond acceptors (Lipinski definition) is 2. The summed E-state index contributed by atoms with van der Waals surface area (Å²) in [5.74, 6) is 0. The van der Waals surface area contributed by atoms with Crippen LogP contribution in [0.5, 0.6) is 0 Å². The van der Waals surface area contributed by atoms with Crippen molar-refractivity contribution in [1.82, 2.24) is 5.32 Å². The molecule has 2 aliphatic rings. The van der Waals surface area contributed by atoms with Gasteiger partial charge in [0.2, 0.25) is 0 Å². The molecule has 0 aliphatic carbocycles. The van der Waals surface area contributed by atoms with Crippen molar-refractivity contribution in [3.63, 3.8) is 0 Å². The van der Waals surface area contributed by atoms with E-state index in [2.05, 4.69) is 17.5 Å². The number of hydrogen-bond donors (Lipinski definition) is 1. The summed E-state index contributed by atoms with van der Waals surface area (Å²) < 4.78 is 0. The van der Waals surface area contributed by atoms with Gasteiger partial charge in [0.25, 0.3) is 0 Å². The minimum absolute atomic E-state index is 0.497. The van der Waals surface area contributed by atoms with E-state index in [-0.39, 0.29) is 0 Å². The molecule has 2 atom stereocenters. The summed E-state index contributed by atoms with van der Waals surface area (Å²) in [6.07, 6.45) is 6.82. The highest BCUT2D eigenvalue weighted by atomic mass is 15.0. The minimum Gasteiger partial charge on any atom is -0.307 e. The van der Waals surface area contributed by atoms with Gasteiger partial charge in [-0.2, -0.15) is 5.26 Å². The Bertz CT molecular complexity index is 224. The molecule has 0 aromatic heterocycles. The molecule has 2 heteroatoms. The Morgan fingerprint density at radius 2 is 2.45 bits per heavy atom. The van der Waals surface area contributed by atoms with Gasteiger partial charge in [-0.15, -0.1) is 0 Å². The van der Waals surface area contributed by atoms with Gasteiger partial charge >= 0.3 is 0 Å². The van der Waals surface area contributed by atoms with Gasteiger partial charge in [0.1, 0.15) is 0 Å². The highest BCUT2D eigenvalue weighted by Crippen LogP contribution is 2.24. The number of nitrogens with one attached hydrogen (secondary N) is 1. The van der Waals surface area contributed by atoms with Crippen molar-refractivity contribution in [2.45, 2.75) is 37.8 Å². The first-order chi connectivity index (χ1) is 5.38. The Balaban J connectivity index is 2.17. The summed E-state index contributed by atoms with van der Waals surface area (Å²) in [6, 6.07) is 3.34. The topological polar surface area (TPSA) is 35.8 Å². The average molecular weight is 148 g/mol. The fourth-order valence-electron chi connectivity index (χ4n) is 2.01. The van der Waals surface area contributed by atoms with Crippen molar-refractivity contribution in [3.8, 4) is 6.07 Å². The van der Waals surface area contributed by atoms with Crippen LogP contribution in [0.3, 0.4) is 0 Å². The van der Waals surface area contributed by atoms with Crippen molar-refractivity contribution >= 4 is 0 Å². The second-order valence-electron chi connectivity index (χ2n) is 3.41. The van der Waals surface area contributed by atoms with Gasteiger partial charge in [-0.3, -0.25) is 0 Å². The molecule has 0 aromatic rings. The quantitative estimate of drug-likeness (QED) is 0.563. The van der Waals surface area contributed by atoms with Crippen LogP contribution in [0, 0.1) is 11.3 Å². The molecule has 11 heavy (non-hydrogen) atoms. The fraction of sp³-hybridized carbons (Fsp3) is 0.667. The normalized spacial score (nSPS) is 35.7. The predicted molar refractivity (Wildman–Crippen MR) is 42.9 cm³/mol. The van der Waals surface area contributed by atoms with Crippen LogP contribution in [0.25, 0.3) is 0 Å². The number of rotatable bonds is 0. The maximum atomic E-state index is 8.70. The third-order valence-corrected chi connectivity index (χ3v) is 2.53. The number of nitriles is 1. The lowest BCUT2D eigenvalue weighted by Crippen LogP contribution is -2.44. The molecule has 2 heterocycles. The number of fused-ring (bicyclic) bond motifs is 2. The summed E-state index contributed by atoms with van der Waals surface area (Å²) in [7, 11) is 0. The van der Waals surface area contributed by atoms with E-state index in [0.717, 1.165) is 12.0 Å². The molecule has 58 valence electrons. The lowest BCUT2D eigenvalue weighted by Gasteiger charge is -2.33. The van der Waals surface area contributed by atoms with Crippen LogP contribution < -0.4 is 5.32 Å². The zero-order valence-electron chi connectivity index (χ0n) is 6.51. The molecule has 2 unspecified atom stereocenters. The Hall–Kier alpha value is -0.810. The molecule has 2 bridgehead atoms. The second-order valence-corrected chi connectivity index (χ2v) is 3.41. The molecule has 1 fully saturated rings. The molecule has 2 rings (SSSR count). The smallest absolute Gasteiger partial charge is 0.0944 e. The molecule has 1 N–H and O–H groups in total. The first-order valence-electron chi connectivity index (χ1n) is 4.25. The van der Waals surface area contributed by atoms with E-state index in [0.29, 0.717) is 12.1 Å². The molecular formula is C9H12N2. The van der Waals surface area contributed by atoms with Crippen LogP contribution >= 0.6 is 0 Å². The molecule has 0 spiro atoms. The van der Waals surface area contributed by atoms with Crippen molar-refractivity contribution < 1.29 is 0 Å². The first-order valence-corrected chi connectivity index (χ1v) is 4.25. The van der Waals surface area contributed by atoms with Gasteiger partial charge in [0.05, 0.1) is 6.07 Å². The van der Waals surface area contributed by atoms with E-state index < -0.39 is 0 Å². The number of nitrogens with zero attached hydrogens (tertiary/aromatic N) is 1. The van der Waals surface area contributed by atoms with Gasteiger partial charge in [0.15, 0.2) is 0 Å². The van der Waals surface area contributed by atoms with E-state index >= 15 is 0 Å². The summed E-state index contributed by atoms with van der Waals surface area (Å²) in [5, 5.41) is 12.2. The molecular weight excluding hydrogens is 136 g/mol. The van der Waals surface area contributed by atoms with Crippen LogP contribution in [0.1, 0.15) is 25.7 Å². The zero-order valence-corrected chi connectivity index (χ0v) is 6.51. The fourth-order valence-corrected chi connectivity index (χ4v) is 2.01. The summed E-state index contributed by atoms with van der Waals surface area (Å²) >= 11 is 0. The van der Waals surface area contributed by atoms with Gasteiger partial charge in [-0.25, -0.2) is 0 Å². The first kappa shape index (κ1) is 6.87. The summed E-state index contributed by atoms with van der Waals surface area (Å²) in [6.45, 7) is 0. The van der Waals surface area contributed by atoms with Crippen LogP contribution in [0.2, 0.25) is 0 Å². The van der Waals surface area contributed by atoms with E-state index in [9.17, 15) is 0 Å². The SMILES string of the molecule is N#CC1=CC2CCCC(C1)N2. The Morgan fingerprint density at radius 1 is 1.55 bits per heavy atom. The molecule has 2 aliphatic heterocycles. The molecule has 0 amide bonds. The maximum absolute atomic E-state index is 8.70. The summed E-state index contributed by atoms with van der Waals surface area (Å²) in [4.78, 5) is 0. The van der Waals surface area contributed by atoms with Crippen LogP contribution in [-0.4, -0.2) is 12.1 Å². The van der Waals surface area contributed by atoms with Crippen molar-refractivity contribution in [1.29, 1.82) is 5.26 Å². The predicted octanol–water partition coefficient (Wildman–Crippen LogP) is 1.35. The maximum Gasteiger partial charge on any atom is 0.0944 e. The lowest BCUT2D eigenvalue weighted by atomic mass is 9.88. The van der Waals surface area contributed by atoms with Gasteiger partial charge in [-0.05, 0) is 19.3 Å².